The Bertz CT molecular complexity index is 1260. The SMILES string of the molecule is COc1ccc(-c2coc3cc(O[Si](C)(C)C(C)(C)C)cc(O[Si](C)(C)C(C)(C)C)c3c2=O)cc1. The van der Waals surface area contributed by atoms with Gasteiger partial charge in [0.05, 0.1) is 12.7 Å². The number of rotatable bonds is 6. The summed E-state index contributed by atoms with van der Waals surface area (Å²) in [6.07, 6.45) is 1.53. The molecule has 0 aliphatic heterocycles. The van der Waals surface area contributed by atoms with E-state index in [1.54, 1.807) is 7.11 Å². The summed E-state index contributed by atoms with van der Waals surface area (Å²) in [5, 5.41) is 0.441. The van der Waals surface area contributed by atoms with Crippen LogP contribution in [0.1, 0.15) is 41.5 Å². The second-order valence-corrected chi connectivity index (χ2v) is 21.7. The highest BCUT2D eigenvalue weighted by Gasteiger charge is 2.41. The van der Waals surface area contributed by atoms with Gasteiger partial charge >= 0.3 is 0 Å². The molecular weight excluding hydrogens is 472 g/mol. The molecule has 0 atom stereocenters. The fourth-order valence-corrected chi connectivity index (χ4v) is 5.21. The van der Waals surface area contributed by atoms with Crippen LogP contribution in [0.4, 0.5) is 0 Å². The third-order valence-electron chi connectivity index (χ3n) is 7.57. The first-order valence-electron chi connectivity index (χ1n) is 12.1. The predicted octanol–water partition coefficient (Wildman–Crippen LogP) is 8.24. The van der Waals surface area contributed by atoms with Gasteiger partial charge in [0.15, 0.2) is 0 Å². The van der Waals surface area contributed by atoms with Gasteiger partial charge in [-0.2, -0.15) is 0 Å². The van der Waals surface area contributed by atoms with Gasteiger partial charge in [-0.05, 0) is 54.0 Å². The van der Waals surface area contributed by atoms with Crippen LogP contribution in [0.25, 0.3) is 22.1 Å². The van der Waals surface area contributed by atoms with Crippen molar-refractivity contribution in [3.05, 3.63) is 52.9 Å². The van der Waals surface area contributed by atoms with Crippen LogP contribution >= 0.6 is 0 Å². The molecular formula is C28H40O5Si2. The monoisotopic (exact) mass is 512 g/mol. The summed E-state index contributed by atoms with van der Waals surface area (Å²) in [7, 11) is -2.75. The van der Waals surface area contributed by atoms with Gasteiger partial charge in [0.1, 0.15) is 34.5 Å². The third kappa shape index (κ3) is 5.51. The Morgan fingerprint density at radius 2 is 1.31 bits per heavy atom. The molecule has 0 saturated carbocycles. The normalized spacial score (nSPS) is 13.1. The van der Waals surface area contributed by atoms with Crippen molar-refractivity contribution in [2.75, 3.05) is 7.11 Å². The van der Waals surface area contributed by atoms with Gasteiger partial charge in [-0.3, -0.25) is 4.79 Å². The molecule has 0 aliphatic rings. The van der Waals surface area contributed by atoms with E-state index in [9.17, 15) is 4.79 Å². The zero-order valence-corrected chi connectivity index (χ0v) is 25.1. The van der Waals surface area contributed by atoms with E-state index < -0.39 is 16.6 Å². The zero-order valence-electron chi connectivity index (χ0n) is 23.1. The first kappa shape index (κ1) is 27.1. The topological polar surface area (TPSA) is 57.9 Å². The molecule has 0 N–H and O–H groups in total. The van der Waals surface area contributed by atoms with Gasteiger partial charge in [-0.25, -0.2) is 0 Å². The Labute approximate surface area is 211 Å². The quantitative estimate of drug-likeness (QED) is 0.311. The summed E-state index contributed by atoms with van der Waals surface area (Å²) in [5.41, 5.74) is 1.60. The van der Waals surface area contributed by atoms with E-state index in [0.29, 0.717) is 28.0 Å². The second-order valence-electron chi connectivity index (χ2n) is 12.2. The van der Waals surface area contributed by atoms with E-state index >= 15 is 0 Å². The predicted molar refractivity (Wildman–Crippen MR) is 150 cm³/mol. The van der Waals surface area contributed by atoms with Gasteiger partial charge in [0, 0.05) is 12.1 Å². The molecule has 5 nitrogen and oxygen atoms in total. The first-order chi connectivity index (χ1) is 16.0. The molecule has 0 aliphatic carbocycles. The average Bonchev–Trinajstić information content (AvgIpc) is 2.71. The smallest absolute Gasteiger partial charge is 0.250 e. The van der Waals surface area contributed by atoms with E-state index in [0.717, 1.165) is 11.3 Å². The van der Waals surface area contributed by atoms with Crippen LogP contribution in [0.3, 0.4) is 0 Å². The number of hydrogen-bond donors (Lipinski definition) is 0. The molecule has 0 bridgehead atoms. The Balaban J connectivity index is 2.24. The Hall–Kier alpha value is -2.52. The maximum Gasteiger partial charge on any atom is 0.250 e. The number of fused-ring (bicyclic) bond motifs is 1. The first-order valence-corrected chi connectivity index (χ1v) is 17.9. The summed E-state index contributed by atoms with van der Waals surface area (Å²) in [6.45, 7) is 21.9. The number of ether oxygens (including phenoxy) is 1. The largest absolute Gasteiger partial charge is 0.543 e. The van der Waals surface area contributed by atoms with Gasteiger partial charge in [0.2, 0.25) is 13.7 Å². The second kappa shape index (κ2) is 9.17. The van der Waals surface area contributed by atoms with E-state index in [1.807, 2.05) is 36.4 Å². The summed E-state index contributed by atoms with van der Waals surface area (Å²) in [5.74, 6) is 1.94. The molecule has 3 aromatic rings. The summed E-state index contributed by atoms with van der Waals surface area (Å²) in [6, 6.07) is 11.1. The van der Waals surface area contributed by atoms with Crippen molar-refractivity contribution in [2.24, 2.45) is 0 Å². The third-order valence-corrected chi connectivity index (χ3v) is 16.3. The maximum absolute atomic E-state index is 13.8. The van der Waals surface area contributed by atoms with Crippen molar-refractivity contribution < 1.29 is 18.0 Å². The molecule has 1 heterocycles. The maximum atomic E-state index is 13.8. The molecule has 0 saturated heterocycles. The van der Waals surface area contributed by atoms with Crippen molar-refractivity contribution in [1.82, 2.24) is 0 Å². The minimum absolute atomic E-state index is 0.0292. The van der Waals surface area contributed by atoms with Crippen LogP contribution < -0.4 is 19.0 Å². The van der Waals surface area contributed by atoms with E-state index in [1.165, 1.54) is 6.26 Å². The Kier molecular flexibility index (Phi) is 7.09. The fourth-order valence-electron chi connectivity index (χ4n) is 3.18. The molecule has 0 spiro atoms. The minimum Gasteiger partial charge on any atom is -0.543 e. The van der Waals surface area contributed by atoms with Crippen molar-refractivity contribution in [2.45, 2.75) is 77.8 Å². The standard InChI is InChI=1S/C28H40O5Si2/c1-27(2,3)34(8,9)32-21-16-23-25(24(17-21)33-35(10,11)28(4,5)6)26(29)22(18-31-23)19-12-14-20(30-7)15-13-19/h12-18H,1-11H3. The summed E-state index contributed by atoms with van der Waals surface area (Å²) in [4.78, 5) is 13.8. The Morgan fingerprint density at radius 1 is 0.771 bits per heavy atom. The van der Waals surface area contributed by atoms with Crippen LogP contribution in [-0.2, 0) is 0 Å². The lowest BCUT2D eigenvalue weighted by Gasteiger charge is -2.38. The van der Waals surface area contributed by atoms with Crippen LogP contribution in [0.2, 0.25) is 36.3 Å². The lowest BCUT2D eigenvalue weighted by molar-refractivity contribution is 0.415. The van der Waals surface area contributed by atoms with E-state index in [-0.39, 0.29) is 15.5 Å². The minimum atomic E-state index is -2.25. The number of benzene rings is 2. The average molecular weight is 513 g/mol. The molecule has 0 fully saturated rings. The highest BCUT2D eigenvalue weighted by Crippen LogP contribution is 2.42. The zero-order chi connectivity index (χ0) is 26.4. The Morgan fingerprint density at radius 3 is 1.83 bits per heavy atom. The lowest BCUT2D eigenvalue weighted by atomic mass is 10.0. The van der Waals surface area contributed by atoms with Crippen LogP contribution in [0.15, 0.2) is 51.9 Å². The number of hydrogen-bond acceptors (Lipinski definition) is 5. The van der Waals surface area contributed by atoms with Crippen molar-refractivity contribution in [1.29, 1.82) is 0 Å². The van der Waals surface area contributed by atoms with Crippen molar-refractivity contribution in [3.63, 3.8) is 0 Å². The highest BCUT2D eigenvalue weighted by atomic mass is 28.4. The van der Waals surface area contributed by atoms with Crippen LogP contribution in [0, 0.1) is 0 Å². The van der Waals surface area contributed by atoms with Gasteiger partial charge in [-0.15, -0.1) is 0 Å². The van der Waals surface area contributed by atoms with Crippen LogP contribution in [0.5, 0.6) is 17.2 Å². The number of methoxy groups -OCH3 is 1. The van der Waals surface area contributed by atoms with Gasteiger partial charge in [-0.1, -0.05) is 53.7 Å². The molecule has 2 aromatic carbocycles. The molecule has 7 heteroatoms. The van der Waals surface area contributed by atoms with E-state index in [4.69, 9.17) is 18.0 Å². The molecule has 0 unspecified atom stereocenters. The van der Waals surface area contributed by atoms with Crippen molar-refractivity contribution >= 4 is 27.6 Å². The van der Waals surface area contributed by atoms with Crippen LogP contribution in [-0.4, -0.2) is 23.7 Å². The van der Waals surface area contributed by atoms with Crippen molar-refractivity contribution in [3.8, 4) is 28.4 Å². The van der Waals surface area contributed by atoms with Gasteiger partial charge < -0.3 is 18.0 Å². The fraction of sp³-hybridized carbons (Fsp3) is 0.464. The summed E-state index contributed by atoms with van der Waals surface area (Å²) >= 11 is 0. The molecule has 0 radical (unpaired) electrons. The summed E-state index contributed by atoms with van der Waals surface area (Å²) < 4.78 is 24.6. The molecule has 1 aromatic heterocycles. The van der Waals surface area contributed by atoms with Gasteiger partial charge in [0.25, 0.3) is 8.32 Å². The highest BCUT2D eigenvalue weighted by molar-refractivity contribution is 6.75. The van der Waals surface area contributed by atoms with E-state index in [2.05, 4.69) is 67.7 Å². The molecule has 35 heavy (non-hydrogen) atoms. The molecule has 3 rings (SSSR count). The molecule has 0 amide bonds. The molecule has 190 valence electrons. The lowest BCUT2D eigenvalue weighted by Crippen LogP contribution is -2.44.